The van der Waals surface area contributed by atoms with E-state index in [1.165, 1.54) is 19.2 Å². The van der Waals surface area contributed by atoms with E-state index in [1.54, 1.807) is 24.3 Å². The van der Waals surface area contributed by atoms with E-state index in [-0.39, 0.29) is 11.0 Å². The second-order valence-corrected chi connectivity index (χ2v) is 5.03. The van der Waals surface area contributed by atoms with Crippen LogP contribution in [0, 0.1) is 12.7 Å². The topological polar surface area (TPSA) is 38.3 Å². The Hall–Kier alpha value is -2.07. The Labute approximate surface area is 127 Å². The van der Waals surface area contributed by atoms with Crippen LogP contribution in [0.5, 0.6) is 0 Å². The van der Waals surface area contributed by atoms with Crippen LogP contribution in [-0.4, -0.2) is 13.1 Å². The van der Waals surface area contributed by atoms with Crippen molar-refractivity contribution in [3.63, 3.8) is 0 Å². The lowest BCUT2D eigenvalue weighted by Crippen LogP contribution is -2.05. The van der Waals surface area contributed by atoms with Crippen molar-refractivity contribution < 1.29 is 13.9 Å². The molecule has 0 aliphatic carbocycles. The molecular formula is C16H15ClFNO2. The molecule has 21 heavy (non-hydrogen) atoms. The molecule has 1 N–H and O–H groups in total. The number of nitrogens with one attached hydrogen (secondary N) is 1. The second kappa shape index (κ2) is 6.59. The minimum absolute atomic E-state index is 0.109. The van der Waals surface area contributed by atoms with Gasteiger partial charge in [0.15, 0.2) is 0 Å². The van der Waals surface area contributed by atoms with Crippen molar-refractivity contribution in [2.75, 3.05) is 12.4 Å². The number of ether oxygens (including phenoxy) is 1. The molecule has 0 spiro atoms. The van der Waals surface area contributed by atoms with Crippen molar-refractivity contribution in [2.24, 2.45) is 0 Å². The zero-order valence-corrected chi connectivity index (χ0v) is 12.5. The first-order valence-electron chi connectivity index (χ1n) is 6.38. The fourth-order valence-corrected chi connectivity index (χ4v) is 2.07. The van der Waals surface area contributed by atoms with Crippen LogP contribution in [0.2, 0.25) is 5.02 Å². The van der Waals surface area contributed by atoms with E-state index in [9.17, 15) is 9.18 Å². The van der Waals surface area contributed by atoms with Crippen molar-refractivity contribution in [1.29, 1.82) is 0 Å². The maximum absolute atomic E-state index is 13.4. The third-order valence-electron chi connectivity index (χ3n) is 3.11. The summed E-state index contributed by atoms with van der Waals surface area (Å²) in [6.45, 7) is 2.35. The number of hydrogen-bond acceptors (Lipinski definition) is 3. The molecule has 0 aliphatic rings. The largest absolute Gasteiger partial charge is 0.465 e. The number of benzene rings is 2. The Balaban J connectivity index is 2.09. The maximum Gasteiger partial charge on any atom is 0.337 e. The van der Waals surface area contributed by atoms with Crippen molar-refractivity contribution in [1.82, 2.24) is 0 Å². The van der Waals surface area contributed by atoms with E-state index in [4.69, 9.17) is 11.6 Å². The van der Waals surface area contributed by atoms with Gasteiger partial charge in [0.05, 0.1) is 17.7 Å². The molecule has 0 fully saturated rings. The highest BCUT2D eigenvalue weighted by Crippen LogP contribution is 2.20. The van der Waals surface area contributed by atoms with E-state index in [1.807, 2.05) is 6.92 Å². The highest BCUT2D eigenvalue weighted by Gasteiger charge is 2.07. The Kier molecular flexibility index (Phi) is 4.81. The average molecular weight is 308 g/mol. The summed E-state index contributed by atoms with van der Waals surface area (Å²) in [5.41, 5.74) is 3.07. The molecule has 0 aliphatic heterocycles. The zero-order valence-electron chi connectivity index (χ0n) is 11.7. The van der Waals surface area contributed by atoms with Gasteiger partial charge in [0.2, 0.25) is 0 Å². The first kappa shape index (κ1) is 15.3. The molecule has 3 nitrogen and oxygen atoms in total. The van der Waals surface area contributed by atoms with Crippen LogP contribution in [0.4, 0.5) is 10.1 Å². The third-order valence-corrected chi connectivity index (χ3v) is 3.42. The lowest BCUT2D eigenvalue weighted by atomic mass is 10.1. The van der Waals surface area contributed by atoms with Gasteiger partial charge in [-0.3, -0.25) is 0 Å². The smallest absolute Gasteiger partial charge is 0.337 e. The standard InChI is InChI=1S/C16H15ClFNO2/c1-10-7-12(16(20)21-2)4-6-15(10)19-9-11-3-5-13(17)14(18)8-11/h3-8,19H,9H2,1-2H3. The van der Waals surface area contributed by atoms with Gasteiger partial charge in [0.1, 0.15) is 5.82 Å². The van der Waals surface area contributed by atoms with Gasteiger partial charge in [-0.2, -0.15) is 0 Å². The van der Waals surface area contributed by atoms with Gasteiger partial charge < -0.3 is 10.1 Å². The van der Waals surface area contributed by atoms with Gasteiger partial charge in [-0.15, -0.1) is 0 Å². The second-order valence-electron chi connectivity index (χ2n) is 4.62. The molecule has 0 saturated carbocycles. The summed E-state index contributed by atoms with van der Waals surface area (Å²) in [5, 5.41) is 3.31. The minimum atomic E-state index is -0.436. The van der Waals surface area contributed by atoms with Gasteiger partial charge in [0, 0.05) is 12.2 Å². The van der Waals surface area contributed by atoms with Crippen LogP contribution in [-0.2, 0) is 11.3 Å². The van der Waals surface area contributed by atoms with Crippen molar-refractivity contribution >= 4 is 23.3 Å². The molecule has 110 valence electrons. The summed E-state index contributed by atoms with van der Waals surface area (Å²) < 4.78 is 18.0. The molecule has 5 heteroatoms. The van der Waals surface area contributed by atoms with Gasteiger partial charge >= 0.3 is 5.97 Å². The predicted octanol–water partition coefficient (Wildman–Crippen LogP) is 4.19. The van der Waals surface area contributed by atoms with Crippen LogP contribution >= 0.6 is 11.6 Å². The van der Waals surface area contributed by atoms with Crippen molar-refractivity contribution in [2.45, 2.75) is 13.5 Å². The monoisotopic (exact) mass is 307 g/mol. The summed E-state index contributed by atoms with van der Waals surface area (Å²) >= 11 is 5.64. The van der Waals surface area contributed by atoms with Crippen molar-refractivity contribution in [3.8, 4) is 0 Å². The highest BCUT2D eigenvalue weighted by molar-refractivity contribution is 6.30. The Morgan fingerprint density at radius 2 is 2.05 bits per heavy atom. The first-order valence-corrected chi connectivity index (χ1v) is 6.76. The Morgan fingerprint density at radius 3 is 2.67 bits per heavy atom. The fraction of sp³-hybridized carbons (Fsp3) is 0.188. The lowest BCUT2D eigenvalue weighted by molar-refractivity contribution is 0.0600. The van der Waals surface area contributed by atoms with Gasteiger partial charge in [-0.1, -0.05) is 17.7 Å². The summed E-state index contributed by atoms with van der Waals surface area (Å²) in [6.07, 6.45) is 0. The molecule has 2 aromatic carbocycles. The molecule has 0 radical (unpaired) electrons. The van der Waals surface area contributed by atoms with E-state index in [2.05, 4.69) is 10.1 Å². The SMILES string of the molecule is COC(=O)c1ccc(NCc2ccc(Cl)c(F)c2)c(C)c1. The van der Waals surface area contributed by atoms with Gasteiger partial charge in [0.25, 0.3) is 0 Å². The van der Waals surface area contributed by atoms with E-state index >= 15 is 0 Å². The number of anilines is 1. The number of carbonyl (C=O) groups is 1. The summed E-state index contributed by atoms with van der Waals surface area (Å²) in [7, 11) is 1.35. The number of aryl methyl sites for hydroxylation is 1. The van der Waals surface area contributed by atoms with Crippen LogP contribution in [0.25, 0.3) is 0 Å². The number of methoxy groups -OCH3 is 1. The van der Waals surface area contributed by atoms with Gasteiger partial charge in [-0.25, -0.2) is 9.18 Å². The molecule has 0 amide bonds. The van der Waals surface area contributed by atoms with E-state index < -0.39 is 5.82 Å². The zero-order chi connectivity index (χ0) is 15.4. The molecule has 2 aromatic rings. The molecule has 2 rings (SSSR count). The average Bonchev–Trinajstić information content (AvgIpc) is 2.48. The molecule has 0 bridgehead atoms. The fourth-order valence-electron chi connectivity index (χ4n) is 1.95. The highest BCUT2D eigenvalue weighted by atomic mass is 35.5. The molecular weight excluding hydrogens is 293 g/mol. The quantitative estimate of drug-likeness (QED) is 0.861. The molecule has 0 aromatic heterocycles. The maximum atomic E-state index is 13.4. The number of hydrogen-bond donors (Lipinski definition) is 1. The number of esters is 1. The molecule has 0 unspecified atom stereocenters. The molecule has 0 heterocycles. The Bertz CT molecular complexity index is 673. The minimum Gasteiger partial charge on any atom is -0.465 e. The first-order chi connectivity index (χ1) is 10.0. The summed E-state index contributed by atoms with van der Waals surface area (Å²) in [5.74, 6) is -0.807. The van der Waals surface area contributed by atoms with E-state index in [0.717, 1.165) is 16.8 Å². The Morgan fingerprint density at radius 1 is 1.29 bits per heavy atom. The lowest BCUT2D eigenvalue weighted by Gasteiger charge is -2.11. The van der Waals surface area contributed by atoms with Crippen LogP contribution in [0.15, 0.2) is 36.4 Å². The predicted molar refractivity (Wildman–Crippen MR) is 81.3 cm³/mol. The molecule has 0 saturated heterocycles. The summed E-state index contributed by atoms with van der Waals surface area (Å²) in [6, 6.07) is 9.92. The van der Waals surface area contributed by atoms with Crippen LogP contribution < -0.4 is 5.32 Å². The van der Waals surface area contributed by atoms with Crippen LogP contribution in [0.3, 0.4) is 0 Å². The van der Waals surface area contributed by atoms with E-state index in [0.29, 0.717) is 12.1 Å². The van der Waals surface area contributed by atoms with Crippen LogP contribution in [0.1, 0.15) is 21.5 Å². The van der Waals surface area contributed by atoms with Gasteiger partial charge in [-0.05, 0) is 48.4 Å². The molecule has 0 atom stereocenters. The number of rotatable bonds is 4. The third kappa shape index (κ3) is 3.73. The summed E-state index contributed by atoms with van der Waals surface area (Å²) in [4.78, 5) is 11.4. The number of halogens is 2. The number of carbonyl (C=O) groups excluding carboxylic acids is 1. The van der Waals surface area contributed by atoms with Crippen molar-refractivity contribution in [3.05, 3.63) is 63.9 Å². The normalized spacial score (nSPS) is 10.3.